The van der Waals surface area contributed by atoms with E-state index in [0.717, 1.165) is 30.7 Å². The van der Waals surface area contributed by atoms with Crippen molar-refractivity contribution in [3.63, 3.8) is 0 Å². The molecule has 4 nitrogen and oxygen atoms in total. The van der Waals surface area contributed by atoms with Gasteiger partial charge in [-0.3, -0.25) is 9.48 Å². The minimum absolute atomic E-state index is 0.138. The SMILES string of the molecule is Cc1nn(C)c(C)c1CCC(=O)NC1CCCCc2ccccc21. The van der Waals surface area contributed by atoms with Gasteiger partial charge in [0.25, 0.3) is 0 Å². The van der Waals surface area contributed by atoms with Crippen LogP contribution in [-0.2, 0) is 24.7 Å². The average molecular weight is 325 g/mol. The van der Waals surface area contributed by atoms with Gasteiger partial charge in [-0.15, -0.1) is 0 Å². The lowest BCUT2D eigenvalue weighted by molar-refractivity contribution is -0.121. The molecule has 1 aromatic carbocycles. The van der Waals surface area contributed by atoms with E-state index in [4.69, 9.17) is 0 Å². The predicted octanol–water partition coefficient (Wildman–Crippen LogP) is 3.55. The number of carbonyl (C=O) groups excluding carboxylic acids is 1. The Labute approximate surface area is 144 Å². The van der Waals surface area contributed by atoms with Crippen LogP contribution in [0.25, 0.3) is 0 Å². The van der Waals surface area contributed by atoms with Crippen LogP contribution in [0.4, 0.5) is 0 Å². The largest absolute Gasteiger partial charge is 0.349 e. The molecule has 2 aromatic rings. The highest BCUT2D eigenvalue weighted by Crippen LogP contribution is 2.28. The van der Waals surface area contributed by atoms with Gasteiger partial charge in [-0.1, -0.05) is 30.7 Å². The predicted molar refractivity (Wildman–Crippen MR) is 95.9 cm³/mol. The van der Waals surface area contributed by atoms with Crippen LogP contribution in [0.15, 0.2) is 24.3 Å². The molecule has 1 atom stereocenters. The summed E-state index contributed by atoms with van der Waals surface area (Å²) in [7, 11) is 1.95. The van der Waals surface area contributed by atoms with Gasteiger partial charge in [0.1, 0.15) is 0 Å². The Balaban J connectivity index is 1.65. The molecule has 1 heterocycles. The van der Waals surface area contributed by atoms with Crippen molar-refractivity contribution in [1.82, 2.24) is 15.1 Å². The highest BCUT2D eigenvalue weighted by molar-refractivity contribution is 5.76. The molecule has 3 rings (SSSR count). The van der Waals surface area contributed by atoms with Gasteiger partial charge in [-0.2, -0.15) is 5.10 Å². The maximum Gasteiger partial charge on any atom is 0.220 e. The number of benzene rings is 1. The zero-order chi connectivity index (χ0) is 17.1. The zero-order valence-electron chi connectivity index (χ0n) is 14.9. The van der Waals surface area contributed by atoms with Crippen molar-refractivity contribution < 1.29 is 4.79 Å². The molecular formula is C20H27N3O. The standard InChI is InChI=1S/C20H27N3O/c1-14-17(15(2)23(3)22-14)12-13-20(24)21-19-11-7-5-9-16-8-4-6-10-18(16)19/h4,6,8,10,19H,5,7,9,11-13H2,1-3H3,(H,21,24). The van der Waals surface area contributed by atoms with Crippen LogP contribution in [0.1, 0.15) is 59.8 Å². The van der Waals surface area contributed by atoms with E-state index in [1.54, 1.807) is 0 Å². The van der Waals surface area contributed by atoms with Crippen molar-refractivity contribution >= 4 is 5.91 Å². The summed E-state index contributed by atoms with van der Waals surface area (Å²) in [5.74, 6) is 0.138. The number of carbonyl (C=O) groups is 1. The molecule has 0 spiro atoms. The lowest BCUT2D eigenvalue weighted by atomic mass is 9.99. The normalized spacial score (nSPS) is 17.2. The molecule has 1 aliphatic carbocycles. The number of amides is 1. The molecule has 4 heteroatoms. The molecule has 1 amide bonds. The van der Waals surface area contributed by atoms with Crippen molar-refractivity contribution in [2.24, 2.45) is 7.05 Å². The molecule has 1 aliphatic rings. The lowest BCUT2D eigenvalue weighted by Crippen LogP contribution is -2.29. The van der Waals surface area contributed by atoms with Crippen LogP contribution in [0.5, 0.6) is 0 Å². The van der Waals surface area contributed by atoms with Gasteiger partial charge in [-0.05, 0) is 56.2 Å². The average Bonchev–Trinajstić information content (AvgIpc) is 2.73. The van der Waals surface area contributed by atoms with Crippen molar-refractivity contribution in [3.8, 4) is 0 Å². The van der Waals surface area contributed by atoms with E-state index in [1.165, 1.54) is 29.5 Å². The Hall–Kier alpha value is -2.10. The third-order valence-electron chi connectivity index (χ3n) is 5.22. The second-order valence-corrected chi connectivity index (χ2v) is 6.84. The van der Waals surface area contributed by atoms with Gasteiger partial charge in [0.15, 0.2) is 0 Å². The zero-order valence-corrected chi connectivity index (χ0v) is 14.9. The summed E-state index contributed by atoms with van der Waals surface area (Å²) in [5.41, 5.74) is 6.08. The lowest BCUT2D eigenvalue weighted by Gasteiger charge is -2.19. The van der Waals surface area contributed by atoms with E-state index in [2.05, 4.69) is 41.6 Å². The monoisotopic (exact) mass is 325 g/mol. The molecule has 0 saturated carbocycles. The van der Waals surface area contributed by atoms with E-state index < -0.39 is 0 Å². The van der Waals surface area contributed by atoms with Crippen LogP contribution >= 0.6 is 0 Å². The van der Waals surface area contributed by atoms with Gasteiger partial charge < -0.3 is 5.32 Å². The number of nitrogens with zero attached hydrogens (tertiary/aromatic N) is 2. The molecule has 0 fully saturated rings. The van der Waals surface area contributed by atoms with Crippen molar-refractivity contribution in [3.05, 3.63) is 52.3 Å². The van der Waals surface area contributed by atoms with Gasteiger partial charge in [-0.25, -0.2) is 0 Å². The fourth-order valence-corrected chi connectivity index (χ4v) is 3.76. The van der Waals surface area contributed by atoms with Crippen molar-refractivity contribution in [2.45, 2.75) is 58.4 Å². The minimum Gasteiger partial charge on any atom is -0.349 e. The van der Waals surface area contributed by atoms with E-state index in [9.17, 15) is 4.79 Å². The molecule has 0 bridgehead atoms. The maximum absolute atomic E-state index is 12.5. The first-order valence-corrected chi connectivity index (χ1v) is 8.92. The molecule has 24 heavy (non-hydrogen) atoms. The number of aromatic nitrogens is 2. The fourth-order valence-electron chi connectivity index (χ4n) is 3.76. The van der Waals surface area contributed by atoms with E-state index in [-0.39, 0.29) is 11.9 Å². The van der Waals surface area contributed by atoms with Gasteiger partial charge in [0.05, 0.1) is 11.7 Å². The Morgan fingerprint density at radius 3 is 2.83 bits per heavy atom. The summed E-state index contributed by atoms with van der Waals surface area (Å²) in [6.07, 6.45) is 5.81. The Bertz CT molecular complexity index is 732. The second kappa shape index (κ2) is 7.20. The van der Waals surface area contributed by atoms with Crippen molar-refractivity contribution in [1.29, 1.82) is 0 Å². The van der Waals surface area contributed by atoms with Crippen LogP contribution in [0.3, 0.4) is 0 Å². The Morgan fingerprint density at radius 2 is 2.08 bits per heavy atom. The third kappa shape index (κ3) is 3.53. The van der Waals surface area contributed by atoms with Gasteiger partial charge >= 0.3 is 0 Å². The molecule has 1 unspecified atom stereocenters. The minimum atomic E-state index is 0.138. The van der Waals surface area contributed by atoms with Crippen LogP contribution < -0.4 is 5.32 Å². The molecular weight excluding hydrogens is 298 g/mol. The van der Waals surface area contributed by atoms with Crippen LogP contribution in [-0.4, -0.2) is 15.7 Å². The highest BCUT2D eigenvalue weighted by Gasteiger charge is 2.20. The molecule has 128 valence electrons. The van der Waals surface area contributed by atoms with E-state index in [0.29, 0.717) is 6.42 Å². The Morgan fingerprint density at radius 1 is 1.29 bits per heavy atom. The van der Waals surface area contributed by atoms with Crippen LogP contribution in [0, 0.1) is 13.8 Å². The van der Waals surface area contributed by atoms with Gasteiger partial charge in [0.2, 0.25) is 5.91 Å². The van der Waals surface area contributed by atoms with E-state index >= 15 is 0 Å². The summed E-state index contributed by atoms with van der Waals surface area (Å²) < 4.78 is 1.89. The smallest absolute Gasteiger partial charge is 0.220 e. The summed E-state index contributed by atoms with van der Waals surface area (Å²) in [5, 5.41) is 7.70. The molecule has 1 aromatic heterocycles. The molecule has 1 N–H and O–H groups in total. The van der Waals surface area contributed by atoms with Crippen LogP contribution in [0.2, 0.25) is 0 Å². The summed E-state index contributed by atoms with van der Waals surface area (Å²) in [4.78, 5) is 12.5. The number of nitrogens with one attached hydrogen (secondary N) is 1. The first-order valence-electron chi connectivity index (χ1n) is 8.92. The third-order valence-corrected chi connectivity index (χ3v) is 5.22. The maximum atomic E-state index is 12.5. The summed E-state index contributed by atoms with van der Waals surface area (Å²) in [6.45, 7) is 4.08. The summed E-state index contributed by atoms with van der Waals surface area (Å²) >= 11 is 0. The first kappa shape index (κ1) is 16.7. The number of hydrogen-bond donors (Lipinski definition) is 1. The number of fused-ring (bicyclic) bond motifs is 1. The topological polar surface area (TPSA) is 46.9 Å². The van der Waals surface area contributed by atoms with Crippen molar-refractivity contribution in [2.75, 3.05) is 0 Å². The summed E-state index contributed by atoms with van der Waals surface area (Å²) in [6, 6.07) is 8.69. The number of aryl methyl sites for hydroxylation is 3. The second-order valence-electron chi connectivity index (χ2n) is 6.84. The number of rotatable bonds is 4. The fraction of sp³-hybridized carbons (Fsp3) is 0.500. The molecule has 0 saturated heterocycles. The van der Waals surface area contributed by atoms with Gasteiger partial charge in [0, 0.05) is 19.2 Å². The Kier molecular flexibility index (Phi) is 5.03. The quantitative estimate of drug-likeness (QED) is 0.874. The van der Waals surface area contributed by atoms with E-state index in [1.807, 2.05) is 18.7 Å². The molecule has 0 aliphatic heterocycles. The number of hydrogen-bond acceptors (Lipinski definition) is 2. The first-order chi connectivity index (χ1) is 11.6. The highest BCUT2D eigenvalue weighted by atomic mass is 16.1. The molecule has 0 radical (unpaired) electrons.